The van der Waals surface area contributed by atoms with Crippen molar-refractivity contribution in [3.05, 3.63) is 54.1 Å². The summed E-state index contributed by atoms with van der Waals surface area (Å²) in [6, 6.07) is 7.35. The summed E-state index contributed by atoms with van der Waals surface area (Å²) in [5, 5.41) is 0. The first-order valence-corrected chi connectivity index (χ1v) is 7.50. The number of carbonyl (C=O) groups excluding carboxylic acids is 1. The van der Waals surface area contributed by atoms with E-state index in [1.807, 2.05) is 31.2 Å². The maximum absolute atomic E-state index is 12.9. The van der Waals surface area contributed by atoms with E-state index in [-0.39, 0.29) is 12.0 Å². The number of amides is 1. The molecule has 1 aliphatic heterocycles. The van der Waals surface area contributed by atoms with Crippen molar-refractivity contribution in [1.29, 1.82) is 0 Å². The van der Waals surface area contributed by atoms with Gasteiger partial charge in [-0.25, -0.2) is 0 Å². The molecule has 1 amide bonds. The quantitative estimate of drug-likeness (QED) is 0.870. The van der Waals surface area contributed by atoms with Gasteiger partial charge in [0, 0.05) is 36.6 Å². The highest BCUT2D eigenvalue weighted by atomic mass is 16.5. The minimum Gasteiger partial charge on any atom is -0.376 e. The Kier molecular flexibility index (Phi) is 4.44. The average Bonchev–Trinajstić information content (AvgIpc) is 3.07. The van der Waals surface area contributed by atoms with Gasteiger partial charge in [0.25, 0.3) is 5.91 Å². The molecule has 0 spiro atoms. The smallest absolute Gasteiger partial charge is 0.259 e. The summed E-state index contributed by atoms with van der Waals surface area (Å²) in [4.78, 5) is 22.8. The van der Waals surface area contributed by atoms with Crippen molar-refractivity contribution in [2.75, 3.05) is 18.1 Å². The summed E-state index contributed by atoms with van der Waals surface area (Å²) in [6.07, 6.45) is 7.14. The second-order valence-electron chi connectivity index (χ2n) is 5.44. The zero-order chi connectivity index (χ0) is 15.4. The second-order valence-corrected chi connectivity index (χ2v) is 5.44. The fraction of sp³-hybridized carbons (Fsp3) is 0.353. The Morgan fingerprint density at radius 3 is 2.77 bits per heavy atom. The molecule has 0 bridgehead atoms. The lowest BCUT2D eigenvalue weighted by Crippen LogP contribution is -2.37. The Morgan fingerprint density at radius 1 is 1.32 bits per heavy atom. The number of hydrogen-bond donors (Lipinski definition) is 0. The summed E-state index contributed by atoms with van der Waals surface area (Å²) < 4.78 is 5.68. The molecule has 0 radical (unpaired) electrons. The molecule has 2 aromatic heterocycles. The lowest BCUT2D eigenvalue weighted by atomic mass is 10.1. The van der Waals surface area contributed by atoms with Crippen LogP contribution in [0.25, 0.3) is 0 Å². The van der Waals surface area contributed by atoms with Crippen LogP contribution in [-0.4, -0.2) is 35.1 Å². The Morgan fingerprint density at radius 2 is 2.14 bits per heavy atom. The van der Waals surface area contributed by atoms with Crippen molar-refractivity contribution < 1.29 is 9.53 Å². The van der Waals surface area contributed by atoms with Crippen LogP contribution < -0.4 is 4.90 Å². The Balaban J connectivity index is 1.86. The van der Waals surface area contributed by atoms with Crippen LogP contribution in [0, 0.1) is 6.92 Å². The minimum atomic E-state index is -0.0609. The zero-order valence-corrected chi connectivity index (χ0v) is 12.6. The monoisotopic (exact) mass is 297 g/mol. The molecule has 5 nitrogen and oxygen atoms in total. The third-order valence-electron chi connectivity index (χ3n) is 3.79. The van der Waals surface area contributed by atoms with Crippen molar-refractivity contribution in [2.24, 2.45) is 0 Å². The first kappa shape index (κ1) is 14.7. The van der Waals surface area contributed by atoms with Gasteiger partial charge in [0.05, 0.1) is 18.2 Å². The van der Waals surface area contributed by atoms with Gasteiger partial charge in [0.15, 0.2) is 0 Å². The van der Waals surface area contributed by atoms with Gasteiger partial charge < -0.3 is 9.64 Å². The predicted molar refractivity (Wildman–Crippen MR) is 83.9 cm³/mol. The Labute approximate surface area is 130 Å². The van der Waals surface area contributed by atoms with Crippen molar-refractivity contribution in [3.8, 4) is 0 Å². The van der Waals surface area contributed by atoms with E-state index in [1.54, 1.807) is 23.5 Å². The fourth-order valence-electron chi connectivity index (χ4n) is 2.57. The van der Waals surface area contributed by atoms with E-state index in [9.17, 15) is 4.79 Å². The summed E-state index contributed by atoms with van der Waals surface area (Å²) >= 11 is 0. The molecular formula is C17H19N3O2. The number of aryl methyl sites for hydroxylation is 1. The number of pyridine rings is 2. The summed E-state index contributed by atoms with van der Waals surface area (Å²) in [6.45, 7) is 3.23. The van der Waals surface area contributed by atoms with E-state index < -0.39 is 0 Å². The molecule has 3 heterocycles. The topological polar surface area (TPSA) is 55.3 Å². The molecule has 5 heteroatoms. The summed E-state index contributed by atoms with van der Waals surface area (Å²) in [5.41, 5.74) is 2.31. The van der Waals surface area contributed by atoms with Crippen LogP contribution in [0.15, 0.2) is 42.9 Å². The van der Waals surface area contributed by atoms with Gasteiger partial charge in [-0.05, 0) is 44.0 Å². The largest absolute Gasteiger partial charge is 0.376 e. The van der Waals surface area contributed by atoms with E-state index >= 15 is 0 Å². The SMILES string of the molecule is Cc1ccc(C(=O)N(C[C@@H]2CCCO2)c2ccncc2)cn1. The predicted octanol–water partition coefficient (Wildman–Crippen LogP) is 2.61. The van der Waals surface area contributed by atoms with E-state index in [0.717, 1.165) is 30.8 Å². The highest BCUT2D eigenvalue weighted by molar-refractivity contribution is 6.05. The van der Waals surface area contributed by atoms with Crippen LogP contribution in [0.1, 0.15) is 28.9 Å². The zero-order valence-electron chi connectivity index (χ0n) is 12.6. The van der Waals surface area contributed by atoms with Crippen LogP contribution >= 0.6 is 0 Å². The first-order valence-electron chi connectivity index (χ1n) is 7.50. The standard InChI is InChI=1S/C17H19N3O2/c1-13-4-5-14(11-19-13)17(21)20(12-16-3-2-10-22-16)15-6-8-18-9-7-15/h4-9,11,16H,2-3,10,12H2,1H3/t16-/m0/s1. The third-order valence-corrected chi connectivity index (χ3v) is 3.79. The second kappa shape index (κ2) is 6.66. The highest BCUT2D eigenvalue weighted by Gasteiger charge is 2.24. The molecule has 0 N–H and O–H groups in total. The lowest BCUT2D eigenvalue weighted by molar-refractivity contribution is 0.0917. The molecule has 1 fully saturated rings. The number of aromatic nitrogens is 2. The fourth-order valence-corrected chi connectivity index (χ4v) is 2.57. The van der Waals surface area contributed by atoms with Crippen LogP contribution in [0.3, 0.4) is 0 Å². The van der Waals surface area contributed by atoms with Crippen LogP contribution in [0.4, 0.5) is 5.69 Å². The Bertz CT molecular complexity index is 622. The van der Waals surface area contributed by atoms with Gasteiger partial charge in [-0.1, -0.05) is 0 Å². The number of carbonyl (C=O) groups is 1. The normalized spacial score (nSPS) is 17.4. The lowest BCUT2D eigenvalue weighted by Gasteiger charge is -2.25. The van der Waals surface area contributed by atoms with Gasteiger partial charge in [-0.3, -0.25) is 14.8 Å². The first-order chi connectivity index (χ1) is 10.7. The molecule has 1 aliphatic rings. The molecule has 3 rings (SSSR count). The van der Waals surface area contributed by atoms with Crippen molar-refractivity contribution in [2.45, 2.75) is 25.9 Å². The van der Waals surface area contributed by atoms with E-state index in [1.165, 1.54) is 0 Å². The van der Waals surface area contributed by atoms with Gasteiger partial charge in [-0.15, -0.1) is 0 Å². The van der Waals surface area contributed by atoms with Crippen molar-refractivity contribution in [3.63, 3.8) is 0 Å². The van der Waals surface area contributed by atoms with Gasteiger partial charge in [0.2, 0.25) is 0 Å². The minimum absolute atomic E-state index is 0.0609. The number of rotatable bonds is 4. The number of nitrogens with zero attached hydrogens (tertiary/aromatic N) is 3. The number of anilines is 1. The van der Waals surface area contributed by atoms with E-state index in [4.69, 9.17) is 4.74 Å². The molecule has 0 aliphatic carbocycles. The molecule has 0 unspecified atom stereocenters. The van der Waals surface area contributed by atoms with Crippen molar-refractivity contribution >= 4 is 11.6 Å². The molecular weight excluding hydrogens is 278 g/mol. The van der Waals surface area contributed by atoms with Crippen LogP contribution in [0.5, 0.6) is 0 Å². The van der Waals surface area contributed by atoms with E-state index in [2.05, 4.69) is 9.97 Å². The van der Waals surface area contributed by atoms with E-state index in [0.29, 0.717) is 12.1 Å². The highest BCUT2D eigenvalue weighted by Crippen LogP contribution is 2.20. The van der Waals surface area contributed by atoms with Crippen LogP contribution in [0.2, 0.25) is 0 Å². The number of hydrogen-bond acceptors (Lipinski definition) is 4. The van der Waals surface area contributed by atoms with Crippen molar-refractivity contribution in [1.82, 2.24) is 9.97 Å². The van der Waals surface area contributed by atoms with Gasteiger partial charge in [0.1, 0.15) is 0 Å². The average molecular weight is 297 g/mol. The Hall–Kier alpha value is -2.27. The number of ether oxygens (including phenoxy) is 1. The molecule has 1 saturated heterocycles. The van der Waals surface area contributed by atoms with Crippen LogP contribution in [-0.2, 0) is 4.74 Å². The van der Waals surface area contributed by atoms with Gasteiger partial charge >= 0.3 is 0 Å². The molecule has 0 aromatic carbocycles. The molecule has 2 aromatic rings. The molecule has 114 valence electrons. The summed E-state index contributed by atoms with van der Waals surface area (Å²) in [5.74, 6) is -0.0609. The summed E-state index contributed by atoms with van der Waals surface area (Å²) in [7, 11) is 0. The maximum Gasteiger partial charge on any atom is 0.259 e. The van der Waals surface area contributed by atoms with Gasteiger partial charge in [-0.2, -0.15) is 0 Å². The molecule has 0 saturated carbocycles. The molecule has 22 heavy (non-hydrogen) atoms. The maximum atomic E-state index is 12.9. The third kappa shape index (κ3) is 3.31. The molecule has 1 atom stereocenters.